The summed E-state index contributed by atoms with van der Waals surface area (Å²) < 4.78 is 2.67. The van der Waals surface area contributed by atoms with Crippen LogP contribution in [0.25, 0.3) is 63.6 Å². The Bertz CT molecular complexity index is 3870. The lowest BCUT2D eigenvalue weighted by Gasteiger charge is -2.42. The van der Waals surface area contributed by atoms with Gasteiger partial charge in [-0.05, 0) is 158 Å². The number of rotatable bonds is 3. The minimum absolute atomic E-state index is 0.00282. The number of fused-ring (bicyclic) bond motifs is 14. The van der Waals surface area contributed by atoms with Crippen LogP contribution in [-0.4, -0.2) is 6.71 Å². The van der Waals surface area contributed by atoms with Gasteiger partial charge in [-0.1, -0.05) is 178 Å². The molecule has 0 saturated heterocycles. The van der Waals surface area contributed by atoms with Crippen molar-refractivity contribution in [2.75, 3.05) is 9.80 Å². The van der Waals surface area contributed by atoms with E-state index in [0.717, 1.165) is 0 Å². The number of thiophene rings is 2. The van der Waals surface area contributed by atoms with Crippen molar-refractivity contribution in [1.82, 2.24) is 0 Å². The van der Waals surface area contributed by atoms with E-state index in [1.807, 2.05) is 22.7 Å². The number of anilines is 6. The quantitative estimate of drug-likeness (QED) is 0.129. The van der Waals surface area contributed by atoms with Crippen molar-refractivity contribution in [3.63, 3.8) is 0 Å². The second-order valence-electron chi connectivity index (χ2n) is 22.6. The molecule has 0 spiro atoms. The molecule has 5 heteroatoms. The molecule has 0 aliphatic carbocycles. The monoisotopic (exact) mass is 926 g/mol. The van der Waals surface area contributed by atoms with Gasteiger partial charge in [-0.15, -0.1) is 22.7 Å². The van der Waals surface area contributed by atoms with Crippen LogP contribution in [0.3, 0.4) is 0 Å². The average Bonchev–Trinajstić information content (AvgIpc) is 3.92. The van der Waals surface area contributed by atoms with E-state index in [1.54, 1.807) is 0 Å². The molecule has 2 nitrogen and oxygen atoms in total. The van der Waals surface area contributed by atoms with Gasteiger partial charge in [0.05, 0.1) is 10.0 Å². The Morgan fingerprint density at radius 3 is 1.20 bits per heavy atom. The van der Waals surface area contributed by atoms with Crippen LogP contribution in [-0.2, 0) is 16.2 Å². The van der Waals surface area contributed by atoms with E-state index < -0.39 is 0 Å². The van der Waals surface area contributed by atoms with Crippen LogP contribution in [0.1, 0.15) is 79.0 Å². The minimum Gasteiger partial charge on any atom is -0.303 e. The molecule has 11 aromatic rings. The van der Waals surface area contributed by atoms with Crippen molar-refractivity contribution in [2.45, 2.75) is 78.6 Å². The van der Waals surface area contributed by atoms with Gasteiger partial charge in [0.15, 0.2) is 0 Å². The van der Waals surface area contributed by atoms with Crippen LogP contribution in [0.4, 0.5) is 32.8 Å². The largest absolute Gasteiger partial charge is 0.303 e. The lowest BCUT2D eigenvalue weighted by molar-refractivity contribution is 0.590. The fourth-order valence-electron chi connectivity index (χ4n) is 11.4. The third-order valence-corrected chi connectivity index (χ3v) is 17.5. The third-order valence-electron chi connectivity index (χ3n) is 15.2. The number of hydrogen-bond donors (Lipinski definition) is 0. The molecular weight excluding hydrogens is 872 g/mol. The Morgan fingerprint density at radius 2 is 0.739 bits per heavy atom. The molecule has 0 amide bonds. The Labute approximate surface area is 414 Å². The molecule has 9 aromatic carbocycles. The number of hydrogen-bond acceptors (Lipinski definition) is 4. The zero-order chi connectivity index (χ0) is 47.3. The first-order valence-corrected chi connectivity index (χ1v) is 26.2. The normalized spacial score (nSPS) is 13.8. The van der Waals surface area contributed by atoms with Gasteiger partial charge in [-0.25, -0.2) is 0 Å². The lowest BCUT2D eigenvalue weighted by Crippen LogP contribution is -2.60. The minimum atomic E-state index is 0.00282. The Hall–Kier alpha value is -6.66. The summed E-state index contributed by atoms with van der Waals surface area (Å²) >= 11 is 3.89. The van der Waals surface area contributed by atoms with Gasteiger partial charge >= 0.3 is 0 Å². The molecular formula is C64H55BN2S2. The maximum absolute atomic E-state index is 2.59. The highest BCUT2D eigenvalue weighted by Gasteiger charge is 2.47. The van der Waals surface area contributed by atoms with E-state index >= 15 is 0 Å². The molecule has 69 heavy (non-hydrogen) atoms. The van der Waals surface area contributed by atoms with Gasteiger partial charge in [0.1, 0.15) is 0 Å². The van der Waals surface area contributed by atoms with E-state index in [4.69, 9.17) is 0 Å². The van der Waals surface area contributed by atoms with Crippen molar-refractivity contribution >= 4 is 131 Å². The second kappa shape index (κ2) is 14.9. The fraction of sp³-hybridized carbons (Fsp3) is 0.188. The fourth-order valence-corrected chi connectivity index (χ4v) is 13.9. The molecule has 0 atom stereocenters. The predicted octanol–water partition coefficient (Wildman–Crippen LogP) is 17.2. The summed E-state index contributed by atoms with van der Waals surface area (Å²) in [5.41, 5.74) is 15.7. The SMILES string of the molecule is CC(C)(C)c1ccc(N2c3cccc4c3B(c3c(sc5ccc(C(C)(C)C)cc35)N4c3ccc(-c4ccc5c6ccccc6c6ccccc6c5c4)cc3)c3c2sc2ccc(C(C)(C)C)cc32)cc1. The average molecular weight is 927 g/mol. The molecule has 0 radical (unpaired) electrons. The van der Waals surface area contributed by atoms with E-state index in [-0.39, 0.29) is 23.0 Å². The number of nitrogens with zero attached hydrogens (tertiary/aromatic N) is 2. The van der Waals surface area contributed by atoms with E-state index in [2.05, 4.69) is 242 Å². The highest BCUT2D eigenvalue weighted by atomic mass is 32.1. The topological polar surface area (TPSA) is 6.48 Å². The van der Waals surface area contributed by atoms with Crippen molar-refractivity contribution in [3.8, 4) is 11.1 Å². The molecule has 0 unspecified atom stereocenters. The molecule has 0 bridgehead atoms. The summed E-state index contributed by atoms with van der Waals surface area (Å²) in [6, 6.07) is 65.2. The van der Waals surface area contributed by atoms with Gasteiger partial charge < -0.3 is 9.80 Å². The van der Waals surface area contributed by atoms with Crippen LogP contribution in [0, 0.1) is 0 Å². The summed E-state index contributed by atoms with van der Waals surface area (Å²) in [5.74, 6) is 0. The van der Waals surface area contributed by atoms with Gasteiger partial charge in [0.2, 0.25) is 0 Å². The first kappa shape index (κ1) is 42.4. The molecule has 2 aliphatic heterocycles. The summed E-state index contributed by atoms with van der Waals surface area (Å²) in [4.78, 5) is 5.18. The maximum atomic E-state index is 2.59. The number of benzene rings is 9. The van der Waals surface area contributed by atoms with Crippen LogP contribution < -0.4 is 26.2 Å². The van der Waals surface area contributed by atoms with Crippen LogP contribution in [0.2, 0.25) is 0 Å². The Balaban J connectivity index is 1.04. The predicted molar refractivity (Wildman–Crippen MR) is 305 cm³/mol. The van der Waals surface area contributed by atoms with Crippen LogP contribution in [0.5, 0.6) is 0 Å². The smallest absolute Gasteiger partial charge is 0.256 e. The van der Waals surface area contributed by atoms with E-state index in [9.17, 15) is 0 Å². The zero-order valence-electron chi connectivity index (χ0n) is 41.0. The van der Waals surface area contributed by atoms with Gasteiger partial charge in [0.25, 0.3) is 6.71 Å². The van der Waals surface area contributed by atoms with Crippen molar-refractivity contribution in [2.24, 2.45) is 0 Å². The maximum Gasteiger partial charge on any atom is 0.256 e. The molecule has 2 aromatic heterocycles. The standard InChI is InChI=1S/C64H55BN2S2/c1-62(2,3)40-24-30-44(31-25-40)67-54-20-14-19-53-59(54)65(58-52-37-42(64(7,8)9)27-34-56(52)69-61(58)67)57-51-36-41(63(4,5)6)26-33-55(51)68-60(57)66(53)43-28-21-38(22-29-43)39-23-32-49-47-17-11-10-15-45(47)46-16-12-13-18-48(46)50(49)35-39/h10-37H,1-9H3. The third kappa shape index (κ3) is 6.50. The highest BCUT2D eigenvalue weighted by Crippen LogP contribution is 2.51. The van der Waals surface area contributed by atoms with Crippen molar-refractivity contribution < 1.29 is 0 Å². The summed E-state index contributed by atoms with van der Waals surface area (Å²) in [7, 11) is 0. The molecule has 4 heterocycles. The van der Waals surface area contributed by atoms with Gasteiger partial charge in [0, 0.05) is 32.1 Å². The molecule has 2 aliphatic rings. The Morgan fingerprint density at radius 1 is 0.333 bits per heavy atom. The summed E-state index contributed by atoms with van der Waals surface area (Å²) in [6.07, 6.45) is 0. The van der Waals surface area contributed by atoms with Crippen LogP contribution >= 0.6 is 22.7 Å². The summed E-state index contributed by atoms with van der Waals surface area (Å²) in [6.45, 7) is 21.0. The molecule has 0 N–H and O–H groups in total. The van der Waals surface area contributed by atoms with Crippen molar-refractivity contribution in [1.29, 1.82) is 0 Å². The summed E-state index contributed by atoms with van der Waals surface area (Å²) in [5, 5.41) is 13.2. The Kier molecular flexibility index (Phi) is 9.18. The van der Waals surface area contributed by atoms with E-state index in [0.29, 0.717) is 0 Å². The zero-order valence-corrected chi connectivity index (χ0v) is 42.6. The van der Waals surface area contributed by atoms with Crippen molar-refractivity contribution in [3.05, 3.63) is 187 Å². The lowest BCUT2D eigenvalue weighted by atomic mass is 9.33. The highest BCUT2D eigenvalue weighted by molar-refractivity contribution is 7.29. The molecule has 13 rings (SSSR count). The van der Waals surface area contributed by atoms with Crippen LogP contribution in [0.15, 0.2) is 170 Å². The first-order chi connectivity index (χ1) is 33.1. The molecule has 0 fully saturated rings. The van der Waals surface area contributed by atoms with E-state index in [1.165, 1.54) is 129 Å². The second-order valence-corrected chi connectivity index (χ2v) is 24.6. The molecule has 336 valence electrons. The molecule has 0 saturated carbocycles. The first-order valence-electron chi connectivity index (χ1n) is 24.5. The van der Waals surface area contributed by atoms with Gasteiger partial charge in [-0.3, -0.25) is 0 Å². The van der Waals surface area contributed by atoms with Gasteiger partial charge in [-0.2, -0.15) is 0 Å².